The highest BCUT2D eigenvalue weighted by Gasteiger charge is 2.23. The molecule has 1 N–H and O–H groups in total. The molecule has 18 heavy (non-hydrogen) atoms. The molecule has 2 aromatic heterocycles. The first-order valence-corrected chi connectivity index (χ1v) is 6.32. The van der Waals surface area contributed by atoms with E-state index >= 15 is 0 Å². The molecule has 1 aliphatic rings. The number of hydrogen-bond donors (Lipinski definition) is 1. The van der Waals surface area contributed by atoms with Crippen molar-refractivity contribution in [1.82, 2.24) is 30.0 Å². The van der Waals surface area contributed by atoms with Gasteiger partial charge in [0, 0.05) is 12.5 Å². The third-order valence-corrected chi connectivity index (χ3v) is 3.49. The summed E-state index contributed by atoms with van der Waals surface area (Å²) in [7, 11) is 4.06. The Bertz CT molecular complexity index is 548. The first kappa shape index (κ1) is 11.6. The summed E-state index contributed by atoms with van der Waals surface area (Å²) in [4.78, 5) is 2.34. The Kier molecular flexibility index (Phi) is 2.97. The predicted octanol–water partition coefficient (Wildman–Crippen LogP) is 0.263. The van der Waals surface area contributed by atoms with Gasteiger partial charge in [-0.25, -0.2) is 0 Å². The van der Waals surface area contributed by atoms with E-state index in [0.29, 0.717) is 12.5 Å². The molecule has 0 aliphatic carbocycles. The van der Waals surface area contributed by atoms with E-state index in [9.17, 15) is 0 Å². The van der Waals surface area contributed by atoms with Gasteiger partial charge in [0.2, 0.25) is 0 Å². The fourth-order valence-corrected chi connectivity index (χ4v) is 2.51. The van der Waals surface area contributed by atoms with E-state index in [-0.39, 0.29) is 0 Å². The molecule has 1 fully saturated rings. The Morgan fingerprint density at radius 3 is 3.00 bits per heavy atom. The van der Waals surface area contributed by atoms with Crippen LogP contribution in [-0.2, 0) is 6.54 Å². The number of likely N-dealkylation sites (tertiary alicyclic amines) is 1. The predicted molar refractivity (Wildman–Crippen MR) is 68.4 cm³/mol. The minimum Gasteiger partial charge on any atom is -0.313 e. The van der Waals surface area contributed by atoms with Crippen molar-refractivity contribution in [2.75, 3.05) is 27.2 Å². The van der Waals surface area contributed by atoms with E-state index in [4.69, 9.17) is 5.10 Å². The quantitative estimate of drug-likeness (QED) is 0.842. The van der Waals surface area contributed by atoms with Crippen LogP contribution in [-0.4, -0.2) is 51.9 Å². The maximum atomic E-state index is 4.70. The van der Waals surface area contributed by atoms with Crippen molar-refractivity contribution in [3.8, 4) is 0 Å². The number of nitrogens with one attached hydrogen (secondary N) is 1. The third-order valence-electron chi connectivity index (χ3n) is 3.49. The minimum absolute atomic E-state index is 0.532. The van der Waals surface area contributed by atoms with Gasteiger partial charge in [-0.05, 0) is 39.2 Å². The lowest BCUT2D eigenvalue weighted by Crippen LogP contribution is -2.15. The topological polar surface area (TPSA) is 58.4 Å². The molecule has 3 heterocycles. The summed E-state index contributed by atoms with van der Waals surface area (Å²) in [5.41, 5.74) is 1.96. The molecule has 0 amide bonds. The fraction of sp³-hybridized carbons (Fsp3) is 0.583. The summed E-state index contributed by atoms with van der Waals surface area (Å²) < 4.78 is 1.85. The van der Waals surface area contributed by atoms with Gasteiger partial charge in [0.15, 0.2) is 11.5 Å². The molecule has 1 unspecified atom stereocenters. The fourth-order valence-electron chi connectivity index (χ4n) is 2.51. The standard InChI is InChI=1S/C12H18N6/c1-13-7-12-15-14-11-4-3-10(16-18(11)12)9-5-6-17(2)8-9/h3-4,9,13H,5-8H2,1-2H3. The zero-order chi connectivity index (χ0) is 12.5. The van der Waals surface area contributed by atoms with Crippen LogP contribution in [0, 0.1) is 0 Å². The van der Waals surface area contributed by atoms with E-state index in [0.717, 1.165) is 30.3 Å². The molecule has 0 bridgehead atoms. The van der Waals surface area contributed by atoms with Crippen LogP contribution >= 0.6 is 0 Å². The molecule has 6 heteroatoms. The molecular formula is C12H18N6. The largest absolute Gasteiger partial charge is 0.313 e. The maximum absolute atomic E-state index is 4.70. The van der Waals surface area contributed by atoms with Crippen molar-refractivity contribution in [2.45, 2.75) is 18.9 Å². The van der Waals surface area contributed by atoms with E-state index in [1.807, 2.05) is 17.6 Å². The van der Waals surface area contributed by atoms with Gasteiger partial charge in [-0.15, -0.1) is 10.2 Å². The highest BCUT2D eigenvalue weighted by atomic mass is 15.4. The zero-order valence-electron chi connectivity index (χ0n) is 10.8. The van der Waals surface area contributed by atoms with Gasteiger partial charge in [0.05, 0.1) is 12.2 Å². The van der Waals surface area contributed by atoms with Crippen LogP contribution in [0.1, 0.15) is 23.9 Å². The molecule has 1 atom stereocenters. The number of rotatable bonds is 3. The van der Waals surface area contributed by atoms with Crippen molar-refractivity contribution in [3.05, 3.63) is 23.7 Å². The van der Waals surface area contributed by atoms with Gasteiger partial charge in [-0.2, -0.15) is 9.61 Å². The van der Waals surface area contributed by atoms with Gasteiger partial charge in [0.1, 0.15) is 0 Å². The lowest BCUT2D eigenvalue weighted by atomic mass is 10.1. The number of hydrogen-bond acceptors (Lipinski definition) is 5. The molecule has 2 aromatic rings. The van der Waals surface area contributed by atoms with Gasteiger partial charge in [-0.3, -0.25) is 0 Å². The van der Waals surface area contributed by atoms with Gasteiger partial charge in [-0.1, -0.05) is 0 Å². The third kappa shape index (κ3) is 1.97. The van der Waals surface area contributed by atoms with Gasteiger partial charge >= 0.3 is 0 Å². The van der Waals surface area contributed by atoms with Crippen LogP contribution < -0.4 is 5.32 Å². The van der Waals surface area contributed by atoms with E-state index in [1.165, 1.54) is 6.42 Å². The van der Waals surface area contributed by atoms with Crippen LogP contribution in [0.3, 0.4) is 0 Å². The molecule has 0 aromatic carbocycles. The van der Waals surface area contributed by atoms with Crippen molar-refractivity contribution < 1.29 is 0 Å². The van der Waals surface area contributed by atoms with Gasteiger partial charge in [0.25, 0.3) is 0 Å². The summed E-state index contributed by atoms with van der Waals surface area (Å²) in [6, 6.07) is 4.09. The average molecular weight is 246 g/mol. The smallest absolute Gasteiger partial charge is 0.177 e. The summed E-state index contributed by atoms with van der Waals surface area (Å²) in [6.45, 7) is 2.92. The molecule has 1 aliphatic heterocycles. The Morgan fingerprint density at radius 2 is 2.28 bits per heavy atom. The Hall–Kier alpha value is -1.53. The van der Waals surface area contributed by atoms with Crippen molar-refractivity contribution in [1.29, 1.82) is 0 Å². The minimum atomic E-state index is 0.532. The molecular weight excluding hydrogens is 228 g/mol. The molecule has 96 valence electrons. The summed E-state index contributed by atoms with van der Waals surface area (Å²) in [5.74, 6) is 1.39. The van der Waals surface area contributed by atoms with Crippen LogP contribution in [0.2, 0.25) is 0 Å². The zero-order valence-corrected chi connectivity index (χ0v) is 10.8. The molecule has 6 nitrogen and oxygen atoms in total. The normalized spacial score (nSPS) is 20.9. The Morgan fingerprint density at radius 1 is 1.39 bits per heavy atom. The highest BCUT2D eigenvalue weighted by molar-refractivity contribution is 5.36. The summed E-state index contributed by atoms with van der Waals surface area (Å²) in [6.07, 6.45) is 1.18. The summed E-state index contributed by atoms with van der Waals surface area (Å²) >= 11 is 0. The van der Waals surface area contributed by atoms with E-state index in [1.54, 1.807) is 0 Å². The first-order chi connectivity index (χ1) is 8.78. The average Bonchev–Trinajstić information content (AvgIpc) is 2.96. The Balaban J connectivity index is 1.96. The monoisotopic (exact) mass is 246 g/mol. The van der Waals surface area contributed by atoms with Crippen molar-refractivity contribution in [3.63, 3.8) is 0 Å². The van der Waals surface area contributed by atoms with E-state index < -0.39 is 0 Å². The van der Waals surface area contributed by atoms with Crippen LogP contribution in [0.4, 0.5) is 0 Å². The molecule has 1 saturated heterocycles. The van der Waals surface area contributed by atoms with Crippen molar-refractivity contribution >= 4 is 5.65 Å². The maximum Gasteiger partial charge on any atom is 0.177 e. The van der Waals surface area contributed by atoms with Crippen molar-refractivity contribution in [2.24, 2.45) is 0 Å². The number of fused-ring (bicyclic) bond motifs is 1. The number of aromatic nitrogens is 4. The first-order valence-electron chi connectivity index (χ1n) is 6.32. The van der Waals surface area contributed by atoms with E-state index in [2.05, 4.69) is 33.5 Å². The molecule has 3 rings (SSSR count). The Labute approximate surface area is 106 Å². The SMILES string of the molecule is CNCc1nnc2ccc(C3CCN(C)C3)nn12. The molecule has 0 spiro atoms. The lowest BCUT2D eigenvalue weighted by molar-refractivity contribution is 0.410. The number of nitrogens with zero attached hydrogens (tertiary/aromatic N) is 5. The van der Waals surface area contributed by atoms with Crippen LogP contribution in [0.25, 0.3) is 5.65 Å². The van der Waals surface area contributed by atoms with Gasteiger partial charge < -0.3 is 10.2 Å². The lowest BCUT2D eigenvalue weighted by Gasteiger charge is -2.10. The number of likely N-dealkylation sites (N-methyl/N-ethyl adjacent to an activating group) is 1. The van der Waals surface area contributed by atoms with Crippen LogP contribution in [0.5, 0.6) is 0 Å². The molecule has 0 radical (unpaired) electrons. The highest BCUT2D eigenvalue weighted by Crippen LogP contribution is 2.24. The second-order valence-electron chi connectivity index (χ2n) is 4.92. The second-order valence-corrected chi connectivity index (χ2v) is 4.92. The second kappa shape index (κ2) is 4.62. The van der Waals surface area contributed by atoms with Crippen LogP contribution in [0.15, 0.2) is 12.1 Å². The summed E-state index contributed by atoms with van der Waals surface area (Å²) in [5, 5.41) is 16.0. The molecule has 0 saturated carbocycles.